The normalized spacial score (nSPS) is 10.1. The lowest BCUT2D eigenvalue weighted by Gasteiger charge is -2.22. The van der Waals surface area contributed by atoms with E-state index in [9.17, 15) is 9.59 Å². The fourth-order valence-electron chi connectivity index (χ4n) is 2.21. The fraction of sp³-hybridized carbons (Fsp3) is 0.222. The molecule has 0 aliphatic rings. The third kappa shape index (κ3) is 4.25. The molecule has 2 N–H and O–H groups in total. The first kappa shape index (κ1) is 17.3. The second kappa shape index (κ2) is 8.01. The Hall–Kier alpha value is -3.02. The van der Waals surface area contributed by atoms with Crippen molar-refractivity contribution in [3.8, 4) is 5.75 Å². The van der Waals surface area contributed by atoms with Crippen LogP contribution in [0.25, 0.3) is 0 Å². The smallest absolute Gasteiger partial charge is 0.326 e. The van der Waals surface area contributed by atoms with Gasteiger partial charge in [-0.2, -0.15) is 0 Å². The summed E-state index contributed by atoms with van der Waals surface area (Å²) in [6, 6.07) is 13.5. The van der Waals surface area contributed by atoms with Crippen LogP contribution in [0.3, 0.4) is 0 Å². The van der Waals surface area contributed by atoms with Crippen LogP contribution in [-0.2, 0) is 9.53 Å². The molecule has 0 aliphatic heterocycles. The summed E-state index contributed by atoms with van der Waals surface area (Å²) in [7, 11) is 1.56. The van der Waals surface area contributed by atoms with Crippen LogP contribution in [0.1, 0.15) is 17.3 Å². The summed E-state index contributed by atoms with van der Waals surface area (Å²) in [5.74, 6) is -0.155. The van der Waals surface area contributed by atoms with E-state index in [1.54, 1.807) is 62.6 Å². The molecule has 1 amide bonds. The van der Waals surface area contributed by atoms with Gasteiger partial charge in [-0.15, -0.1) is 0 Å². The first-order chi connectivity index (χ1) is 11.5. The summed E-state index contributed by atoms with van der Waals surface area (Å²) in [5, 5.41) is 0. The summed E-state index contributed by atoms with van der Waals surface area (Å²) in [5.41, 5.74) is 7.19. The fourth-order valence-corrected chi connectivity index (χ4v) is 2.21. The Morgan fingerprint density at radius 2 is 1.83 bits per heavy atom. The summed E-state index contributed by atoms with van der Waals surface area (Å²) in [4.78, 5) is 26.1. The molecule has 0 fully saturated rings. The topological polar surface area (TPSA) is 81.9 Å². The van der Waals surface area contributed by atoms with Crippen LogP contribution in [0, 0.1) is 0 Å². The van der Waals surface area contributed by atoms with Crippen molar-refractivity contribution in [2.45, 2.75) is 6.92 Å². The highest BCUT2D eigenvalue weighted by molar-refractivity contribution is 6.08. The largest absolute Gasteiger partial charge is 0.497 e. The maximum absolute atomic E-state index is 12.8. The van der Waals surface area contributed by atoms with E-state index in [0.717, 1.165) is 0 Å². The molecular weight excluding hydrogens is 308 g/mol. The molecule has 6 nitrogen and oxygen atoms in total. The van der Waals surface area contributed by atoms with Crippen LogP contribution in [0.4, 0.5) is 11.4 Å². The van der Waals surface area contributed by atoms with Gasteiger partial charge in [-0.25, -0.2) is 0 Å². The van der Waals surface area contributed by atoms with Crippen molar-refractivity contribution in [3.05, 3.63) is 54.1 Å². The van der Waals surface area contributed by atoms with Gasteiger partial charge in [0.1, 0.15) is 12.3 Å². The van der Waals surface area contributed by atoms with E-state index in [-0.39, 0.29) is 19.1 Å². The summed E-state index contributed by atoms with van der Waals surface area (Å²) >= 11 is 0. The van der Waals surface area contributed by atoms with E-state index < -0.39 is 5.97 Å². The van der Waals surface area contributed by atoms with E-state index in [2.05, 4.69) is 0 Å². The van der Waals surface area contributed by atoms with E-state index in [1.165, 1.54) is 4.90 Å². The number of benzene rings is 2. The maximum atomic E-state index is 12.8. The molecule has 126 valence electrons. The molecule has 0 saturated carbocycles. The summed E-state index contributed by atoms with van der Waals surface area (Å²) in [6.45, 7) is 1.78. The molecule has 6 heteroatoms. The van der Waals surface area contributed by atoms with Gasteiger partial charge in [0, 0.05) is 16.9 Å². The maximum Gasteiger partial charge on any atom is 0.326 e. The third-order valence-corrected chi connectivity index (χ3v) is 3.36. The van der Waals surface area contributed by atoms with Crippen molar-refractivity contribution in [2.24, 2.45) is 0 Å². The van der Waals surface area contributed by atoms with Crippen LogP contribution in [0.5, 0.6) is 5.75 Å². The highest BCUT2D eigenvalue weighted by Crippen LogP contribution is 2.22. The first-order valence-corrected chi connectivity index (χ1v) is 7.52. The van der Waals surface area contributed by atoms with Crippen molar-refractivity contribution in [1.82, 2.24) is 0 Å². The average molecular weight is 328 g/mol. The Bertz CT molecular complexity index is 713. The molecule has 0 saturated heterocycles. The molecule has 0 aliphatic carbocycles. The number of nitrogens with zero attached hydrogens (tertiary/aromatic N) is 1. The molecule has 0 radical (unpaired) electrons. The molecule has 0 heterocycles. The number of hydrogen-bond donors (Lipinski definition) is 1. The van der Waals surface area contributed by atoms with Crippen LogP contribution >= 0.6 is 0 Å². The zero-order chi connectivity index (χ0) is 17.5. The van der Waals surface area contributed by atoms with E-state index >= 15 is 0 Å². The highest BCUT2D eigenvalue weighted by Gasteiger charge is 2.21. The van der Waals surface area contributed by atoms with Crippen molar-refractivity contribution >= 4 is 23.3 Å². The molecule has 2 aromatic carbocycles. The number of amides is 1. The zero-order valence-corrected chi connectivity index (χ0v) is 13.7. The van der Waals surface area contributed by atoms with Crippen molar-refractivity contribution < 1.29 is 19.1 Å². The summed E-state index contributed by atoms with van der Waals surface area (Å²) < 4.78 is 10.1. The SMILES string of the molecule is CCOC(=O)CN(C(=O)c1cccc(N)c1)c1ccc(OC)cc1. The van der Waals surface area contributed by atoms with Gasteiger partial charge in [-0.3, -0.25) is 14.5 Å². The van der Waals surface area contributed by atoms with Gasteiger partial charge in [0.25, 0.3) is 5.91 Å². The number of rotatable bonds is 6. The van der Waals surface area contributed by atoms with E-state index in [4.69, 9.17) is 15.2 Å². The molecule has 2 rings (SSSR count). The van der Waals surface area contributed by atoms with E-state index in [0.29, 0.717) is 22.7 Å². The standard InChI is InChI=1S/C18H20N2O4/c1-3-24-17(21)12-20(15-7-9-16(23-2)10-8-15)18(22)13-5-4-6-14(19)11-13/h4-11H,3,12,19H2,1-2H3. The van der Waals surface area contributed by atoms with Crippen molar-refractivity contribution in [1.29, 1.82) is 0 Å². The summed E-state index contributed by atoms with van der Waals surface area (Å²) in [6.07, 6.45) is 0. The van der Waals surface area contributed by atoms with Gasteiger partial charge in [-0.1, -0.05) is 6.07 Å². The lowest BCUT2D eigenvalue weighted by molar-refractivity contribution is -0.141. The highest BCUT2D eigenvalue weighted by atomic mass is 16.5. The number of carbonyl (C=O) groups excluding carboxylic acids is 2. The number of ether oxygens (including phenoxy) is 2. The van der Waals surface area contributed by atoms with Gasteiger partial charge in [0.15, 0.2) is 0 Å². The average Bonchev–Trinajstić information content (AvgIpc) is 2.59. The van der Waals surface area contributed by atoms with Gasteiger partial charge >= 0.3 is 5.97 Å². The second-order valence-corrected chi connectivity index (χ2v) is 5.02. The number of methoxy groups -OCH3 is 1. The number of nitrogens with two attached hydrogens (primary N) is 1. The Kier molecular flexibility index (Phi) is 5.78. The molecule has 0 unspecified atom stereocenters. The number of nitrogen functional groups attached to an aromatic ring is 1. The lowest BCUT2D eigenvalue weighted by Crippen LogP contribution is -2.36. The predicted molar refractivity (Wildman–Crippen MR) is 92.2 cm³/mol. The molecular formula is C18H20N2O4. The van der Waals surface area contributed by atoms with Crippen LogP contribution in [-0.4, -0.2) is 32.1 Å². The Labute approximate surface area is 140 Å². The van der Waals surface area contributed by atoms with Gasteiger partial charge < -0.3 is 15.2 Å². The van der Waals surface area contributed by atoms with Crippen LogP contribution in [0.2, 0.25) is 0 Å². The first-order valence-electron chi connectivity index (χ1n) is 7.52. The number of hydrogen-bond acceptors (Lipinski definition) is 5. The number of carbonyl (C=O) groups is 2. The van der Waals surface area contributed by atoms with Crippen molar-refractivity contribution in [3.63, 3.8) is 0 Å². The minimum atomic E-state index is -0.481. The molecule has 0 spiro atoms. The Morgan fingerprint density at radius 3 is 2.42 bits per heavy atom. The Balaban J connectivity index is 2.33. The van der Waals surface area contributed by atoms with Crippen LogP contribution in [0.15, 0.2) is 48.5 Å². The van der Waals surface area contributed by atoms with Crippen LogP contribution < -0.4 is 15.4 Å². The molecule has 0 aromatic heterocycles. The quantitative estimate of drug-likeness (QED) is 0.651. The molecule has 0 bridgehead atoms. The molecule has 0 atom stereocenters. The van der Waals surface area contributed by atoms with Gasteiger partial charge in [0.2, 0.25) is 0 Å². The monoisotopic (exact) mass is 328 g/mol. The number of esters is 1. The Morgan fingerprint density at radius 1 is 1.12 bits per heavy atom. The second-order valence-electron chi connectivity index (χ2n) is 5.02. The van der Waals surface area contributed by atoms with E-state index in [1.807, 2.05) is 0 Å². The lowest BCUT2D eigenvalue weighted by atomic mass is 10.1. The van der Waals surface area contributed by atoms with Gasteiger partial charge in [0.05, 0.1) is 13.7 Å². The minimum absolute atomic E-state index is 0.187. The van der Waals surface area contributed by atoms with Gasteiger partial charge in [-0.05, 0) is 49.4 Å². The zero-order valence-electron chi connectivity index (χ0n) is 13.7. The molecule has 24 heavy (non-hydrogen) atoms. The van der Waals surface area contributed by atoms with Crippen molar-refractivity contribution in [2.75, 3.05) is 30.9 Å². The number of anilines is 2. The third-order valence-electron chi connectivity index (χ3n) is 3.36. The minimum Gasteiger partial charge on any atom is -0.497 e. The molecule has 2 aromatic rings. The predicted octanol–water partition coefficient (Wildman–Crippen LogP) is 2.49.